The SMILES string of the molecule is N#Cc1ncccc1N1CCC2(CC1)OCCc1ccsc12. The molecule has 0 bridgehead atoms. The fourth-order valence-electron chi connectivity index (χ4n) is 3.57. The number of ether oxygens (including phenoxy) is 1. The van der Waals surface area contributed by atoms with Gasteiger partial charge in [-0.1, -0.05) is 0 Å². The fourth-order valence-corrected chi connectivity index (χ4v) is 4.74. The van der Waals surface area contributed by atoms with Crippen LogP contribution in [0.15, 0.2) is 29.8 Å². The number of rotatable bonds is 1. The summed E-state index contributed by atoms with van der Waals surface area (Å²) in [5.41, 5.74) is 2.82. The molecule has 112 valence electrons. The average molecular weight is 311 g/mol. The molecule has 2 aliphatic heterocycles. The molecule has 0 radical (unpaired) electrons. The van der Waals surface area contributed by atoms with Crippen molar-refractivity contribution in [1.82, 2.24) is 4.98 Å². The highest BCUT2D eigenvalue weighted by molar-refractivity contribution is 7.10. The molecule has 4 nitrogen and oxygen atoms in total. The van der Waals surface area contributed by atoms with Crippen LogP contribution in [0.5, 0.6) is 0 Å². The lowest BCUT2D eigenvalue weighted by atomic mass is 9.85. The van der Waals surface area contributed by atoms with Crippen LogP contribution in [0.1, 0.15) is 29.0 Å². The van der Waals surface area contributed by atoms with Gasteiger partial charge in [0.25, 0.3) is 0 Å². The number of hydrogen-bond acceptors (Lipinski definition) is 5. The summed E-state index contributed by atoms with van der Waals surface area (Å²) in [6.45, 7) is 2.62. The normalized spacial score (nSPS) is 19.7. The van der Waals surface area contributed by atoms with E-state index in [2.05, 4.69) is 27.4 Å². The summed E-state index contributed by atoms with van der Waals surface area (Å²) in [5.74, 6) is 0. The lowest BCUT2D eigenvalue weighted by molar-refractivity contribution is -0.0735. The maximum absolute atomic E-state index is 9.23. The molecule has 0 N–H and O–H groups in total. The molecule has 2 aromatic heterocycles. The number of nitriles is 1. The smallest absolute Gasteiger partial charge is 0.163 e. The number of anilines is 1. The van der Waals surface area contributed by atoms with Crippen molar-refractivity contribution in [3.63, 3.8) is 0 Å². The van der Waals surface area contributed by atoms with E-state index in [4.69, 9.17) is 4.74 Å². The van der Waals surface area contributed by atoms with Crippen molar-refractivity contribution < 1.29 is 4.74 Å². The molecular weight excluding hydrogens is 294 g/mol. The second kappa shape index (κ2) is 5.38. The molecule has 0 unspecified atom stereocenters. The fraction of sp³-hybridized carbons (Fsp3) is 0.412. The van der Waals surface area contributed by atoms with Gasteiger partial charge in [0.15, 0.2) is 5.69 Å². The van der Waals surface area contributed by atoms with E-state index in [1.807, 2.05) is 23.5 Å². The van der Waals surface area contributed by atoms with E-state index >= 15 is 0 Å². The standard InChI is InChI=1S/C17H17N3OS/c18-12-14-15(2-1-7-19-14)20-8-5-17(6-9-20)16-13(3-10-21-17)4-11-22-16/h1-2,4,7,11H,3,5-6,8-10H2. The van der Waals surface area contributed by atoms with Crippen LogP contribution >= 0.6 is 11.3 Å². The molecule has 0 atom stereocenters. The van der Waals surface area contributed by atoms with Crippen LogP contribution in [0.3, 0.4) is 0 Å². The molecule has 1 saturated heterocycles. The maximum Gasteiger partial charge on any atom is 0.163 e. The van der Waals surface area contributed by atoms with E-state index < -0.39 is 0 Å². The first-order chi connectivity index (χ1) is 10.8. The van der Waals surface area contributed by atoms with Gasteiger partial charge in [0.2, 0.25) is 0 Å². The van der Waals surface area contributed by atoms with Gasteiger partial charge < -0.3 is 9.64 Å². The second-order valence-electron chi connectivity index (χ2n) is 5.84. The Morgan fingerprint density at radius 3 is 3.00 bits per heavy atom. The van der Waals surface area contributed by atoms with Gasteiger partial charge in [-0.05, 0) is 48.4 Å². The van der Waals surface area contributed by atoms with Gasteiger partial charge in [-0.25, -0.2) is 4.98 Å². The minimum absolute atomic E-state index is 0.104. The number of fused-ring (bicyclic) bond motifs is 2. The topological polar surface area (TPSA) is 49.2 Å². The molecule has 2 aliphatic rings. The van der Waals surface area contributed by atoms with Crippen molar-refractivity contribution in [2.24, 2.45) is 0 Å². The summed E-state index contributed by atoms with van der Waals surface area (Å²) in [4.78, 5) is 7.86. The molecular formula is C17H17N3OS. The predicted octanol–water partition coefficient (Wildman–Crippen LogP) is 3.08. The van der Waals surface area contributed by atoms with Gasteiger partial charge in [0.1, 0.15) is 11.7 Å². The van der Waals surface area contributed by atoms with Gasteiger partial charge in [0.05, 0.1) is 12.3 Å². The molecule has 2 aromatic rings. The summed E-state index contributed by atoms with van der Waals surface area (Å²) in [5, 5.41) is 11.4. The largest absolute Gasteiger partial charge is 0.369 e. The van der Waals surface area contributed by atoms with Crippen LogP contribution < -0.4 is 4.90 Å². The first kappa shape index (κ1) is 13.7. The first-order valence-electron chi connectivity index (χ1n) is 7.63. The van der Waals surface area contributed by atoms with Crippen LogP contribution in [0, 0.1) is 11.3 Å². The van der Waals surface area contributed by atoms with Gasteiger partial charge in [-0.15, -0.1) is 11.3 Å². The molecule has 1 fully saturated rings. The Kier molecular flexibility index (Phi) is 3.36. The Balaban J connectivity index is 1.58. The summed E-state index contributed by atoms with van der Waals surface area (Å²) in [6.07, 6.45) is 4.65. The van der Waals surface area contributed by atoms with Crippen molar-refractivity contribution in [1.29, 1.82) is 5.26 Å². The van der Waals surface area contributed by atoms with Crippen LogP contribution in [0.2, 0.25) is 0 Å². The molecule has 1 spiro atoms. The van der Waals surface area contributed by atoms with Crippen molar-refractivity contribution in [2.75, 3.05) is 24.6 Å². The molecule has 4 heterocycles. The van der Waals surface area contributed by atoms with E-state index in [-0.39, 0.29) is 5.60 Å². The van der Waals surface area contributed by atoms with Gasteiger partial charge in [0, 0.05) is 24.2 Å². The Morgan fingerprint density at radius 1 is 1.32 bits per heavy atom. The molecule has 4 rings (SSSR count). The Labute approximate surface area is 134 Å². The Morgan fingerprint density at radius 2 is 2.18 bits per heavy atom. The van der Waals surface area contributed by atoms with E-state index in [9.17, 15) is 5.26 Å². The first-order valence-corrected chi connectivity index (χ1v) is 8.51. The minimum Gasteiger partial charge on any atom is -0.369 e. The molecule has 22 heavy (non-hydrogen) atoms. The van der Waals surface area contributed by atoms with Crippen molar-refractivity contribution in [3.8, 4) is 6.07 Å². The molecule has 0 saturated carbocycles. The number of pyridine rings is 1. The maximum atomic E-state index is 9.23. The highest BCUT2D eigenvalue weighted by atomic mass is 32.1. The van der Waals surface area contributed by atoms with E-state index in [0.717, 1.165) is 44.6 Å². The van der Waals surface area contributed by atoms with Crippen LogP contribution in [0.25, 0.3) is 0 Å². The highest BCUT2D eigenvalue weighted by Crippen LogP contribution is 2.44. The third-order valence-corrected chi connectivity index (χ3v) is 5.86. The molecule has 0 aliphatic carbocycles. The number of aromatic nitrogens is 1. The zero-order chi connectivity index (χ0) is 15.0. The third-order valence-electron chi connectivity index (χ3n) is 4.71. The summed E-state index contributed by atoms with van der Waals surface area (Å²) >= 11 is 1.83. The van der Waals surface area contributed by atoms with E-state index in [0.29, 0.717) is 5.69 Å². The average Bonchev–Trinajstić information content (AvgIpc) is 3.06. The van der Waals surface area contributed by atoms with Gasteiger partial charge in [-0.2, -0.15) is 5.26 Å². The number of nitrogens with zero attached hydrogens (tertiary/aromatic N) is 3. The van der Waals surface area contributed by atoms with Crippen LogP contribution in [-0.4, -0.2) is 24.7 Å². The Hall–Kier alpha value is -1.90. The summed E-state index contributed by atoms with van der Waals surface area (Å²) in [7, 11) is 0. The van der Waals surface area contributed by atoms with Crippen molar-refractivity contribution in [3.05, 3.63) is 45.9 Å². The molecule has 0 amide bonds. The summed E-state index contributed by atoms with van der Waals surface area (Å²) < 4.78 is 6.24. The van der Waals surface area contributed by atoms with E-state index in [1.54, 1.807) is 6.20 Å². The minimum atomic E-state index is -0.104. The lowest BCUT2D eigenvalue weighted by Crippen LogP contribution is -2.46. The van der Waals surface area contributed by atoms with Crippen LogP contribution in [0.4, 0.5) is 5.69 Å². The zero-order valence-electron chi connectivity index (χ0n) is 12.3. The summed E-state index contributed by atoms with van der Waals surface area (Å²) in [6, 6.07) is 8.32. The highest BCUT2D eigenvalue weighted by Gasteiger charge is 2.42. The van der Waals surface area contributed by atoms with Crippen molar-refractivity contribution in [2.45, 2.75) is 24.9 Å². The monoisotopic (exact) mass is 311 g/mol. The molecule has 0 aromatic carbocycles. The number of thiophene rings is 1. The lowest BCUT2D eigenvalue weighted by Gasteiger charge is -2.44. The quantitative estimate of drug-likeness (QED) is 0.812. The zero-order valence-corrected chi connectivity index (χ0v) is 13.1. The second-order valence-corrected chi connectivity index (χ2v) is 6.75. The van der Waals surface area contributed by atoms with E-state index in [1.165, 1.54) is 10.4 Å². The molecule has 5 heteroatoms. The van der Waals surface area contributed by atoms with Crippen molar-refractivity contribution >= 4 is 17.0 Å². The Bertz CT molecular complexity index is 726. The number of piperidine rings is 1. The van der Waals surface area contributed by atoms with Gasteiger partial charge >= 0.3 is 0 Å². The predicted molar refractivity (Wildman–Crippen MR) is 86.1 cm³/mol. The number of hydrogen-bond donors (Lipinski definition) is 0. The van der Waals surface area contributed by atoms with Crippen LogP contribution in [-0.2, 0) is 16.8 Å². The third kappa shape index (κ3) is 2.11. The van der Waals surface area contributed by atoms with Gasteiger partial charge in [-0.3, -0.25) is 0 Å².